The smallest absolute Gasteiger partial charge is 0.0376 e. The second-order valence-corrected chi connectivity index (χ2v) is 6.61. The molecule has 108 valence electrons. The van der Waals surface area contributed by atoms with E-state index in [-0.39, 0.29) is 0 Å². The third-order valence-electron chi connectivity index (χ3n) is 5.31. The highest BCUT2D eigenvalue weighted by Gasteiger charge is 2.31. The van der Waals surface area contributed by atoms with Gasteiger partial charge in [-0.05, 0) is 50.5 Å². The standard InChI is InChI=1S/C17H25N3/c1-2-7-17-16(6-1)14(11-18-17)12-19-8-4-10-20-9-3-5-15(20)13-19/h1-2,6-7,14-15,18H,3-5,8-13H2. The first-order valence-electron chi connectivity index (χ1n) is 8.19. The van der Waals surface area contributed by atoms with Crippen LogP contribution < -0.4 is 5.32 Å². The number of nitrogens with zero attached hydrogens (tertiary/aromatic N) is 2. The molecule has 1 aromatic rings. The molecule has 3 aliphatic heterocycles. The fourth-order valence-corrected chi connectivity index (χ4v) is 4.28. The molecule has 3 aliphatic rings. The van der Waals surface area contributed by atoms with Gasteiger partial charge < -0.3 is 10.2 Å². The summed E-state index contributed by atoms with van der Waals surface area (Å²) in [4.78, 5) is 5.45. The minimum absolute atomic E-state index is 0.680. The second-order valence-electron chi connectivity index (χ2n) is 6.61. The van der Waals surface area contributed by atoms with Crippen molar-refractivity contribution < 1.29 is 0 Å². The molecule has 0 saturated carbocycles. The highest BCUT2D eigenvalue weighted by Crippen LogP contribution is 2.32. The fourth-order valence-electron chi connectivity index (χ4n) is 4.28. The Morgan fingerprint density at radius 2 is 2.00 bits per heavy atom. The number of rotatable bonds is 2. The molecule has 2 fully saturated rings. The van der Waals surface area contributed by atoms with Crippen LogP contribution in [0.15, 0.2) is 24.3 Å². The molecule has 1 aromatic carbocycles. The Hall–Kier alpha value is -1.06. The summed E-state index contributed by atoms with van der Waals surface area (Å²) in [5.74, 6) is 0.680. The largest absolute Gasteiger partial charge is 0.384 e. The minimum Gasteiger partial charge on any atom is -0.384 e. The molecule has 4 rings (SSSR count). The van der Waals surface area contributed by atoms with Crippen molar-refractivity contribution in [1.82, 2.24) is 9.80 Å². The minimum atomic E-state index is 0.680. The summed E-state index contributed by atoms with van der Waals surface area (Å²) in [6.45, 7) is 7.58. The van der Waals surface area contributed by atoms with Gasteiger partial charge in [0.05, 0.1) is 0 Å². The van der Waals surface area contributed by atoms with Gasteiger partial charge in [-0.15, -0.1) is 0 Å². The summed E-state index contributed by atoms with van der Waals surface area (Å²) < 4.78 is 0. The average molecular weight is 271 g/mol. The van der Waals surface area contributed by atoms with Crippen molar-refractivity contribution >= 4 is 5.69 Å². The Balaban J connectivity index is 1.44. The molecule has 3 heterocycles. The van der Waals surface area contributed by atoms with Crippen LogP contribution in [0.25, 0.3) is 0 Å². The average Bonchev–Trinajstić information content (AvgIpc) is 3.03. The molecule has 2 atom stereocenters. The Bertz CT molecular complexity index is 473. The lowest BCUT2D eigenvalue weighted by molar-refractivity contribution is 0.214. The maximum atomic E-state index is 3.56. The van der Waals surface area contributed by atoms with E-state index >= 15 is 0 Å². The SMILES string of the molecule is c1ccc2c(c1)NCC2CN1CCCN2CCCC2C1. The van der Waals surface area contributed by atoms with E-state index in [1.807, 2.05) is 0 Å². The molecule has 3 nitrogen and oxygen atoms in total. The Morgan fingerprint density at radius 3 is 3.00 bits per heavy atom. The van der Waals surface area contributed by atoms with Gasteiger partial charge in [0.15, 0.2) is 0 Å². The number of anilines is 1. The lowest BCUT2D eigenvalue weighted by atomic mass is 10.0. The van der Waals surface area contributed by atoms with Gasteiger partial charge in [-0.3, -0.25) is 4.90 Å². The molecule has 20 heavy (non-hydrogen) atoms. The van der Waals surface area contributed by atoms with E-state index < -0.39 is 0 Å². The normalized spacial score (nSPS) is 30.6. The quantitative estimate of drug-likeness (QED) is 0.891. The van der Waals surface area contributed by atoms with Crippen LogP contribution in [0.3, 0.4) is 0 Å². The number of hydrogen-bond acceptors (Lipinski definition) is 3. The molecule has 0 aromatic heterocycles. The van der Waals surface area contributed by atoms with Crippen molar-refractivity contribution in [1.29, 1.82) is 0 Å². The molecule has 2 saturated heterocycles. The molecular weight excluding hydrogens is 246 g/mol. The van der Waals surface area contributed by atoms with E-state index in [2.05, 4.69) is 39.4 Å². The van der Waals surface area contributed by atoms with Crippen LogP contribution in [-0.2, 0) is 0 Å². The topological polar surface area (TPSA) is 18.5 Å². The highest BCUT2D eigenvalue weighted by atomic mass is 15.3. The van der Waals surface area contributed by atoms with E-state index in [0.717, 1.165) is 12.6 Å². The first-order chi connectivity index (χ1) is 9.90. The van der Waals surface area contributed by atoms with Crippen LogP contribution in [0.5, 0.6) is 0 Å². The van der Waals surface area contributed by atoms with E-state index in [4.69, 9.17) is 0 Å². The third kappa shape index (κ3) is 2.33. The highest BCUT2D eigenvalue weighted by molar-refractivity contribution is 5.57. The predicted octanol–water partition coefficient (Wildman–Crippen LogP) is 2.37. The number of fused-ring (bicyclic) bond motifs is 2. The third-order valence-corrected chi connectivity index (χ3v) is 5.31. The summed E-state index contributed by atoms with van der Waals surface area (Å²) in [7, 11) is 0. The first-order valence-corrected chi connectivity index (χ1v) is 8.19. The van der Waals surface area contributed by atoms with E-state index in [9.17, 15) is 0 Å². The summed E-state index contributed by atoms with van der Waals surface area (Å²) >= 11 is 0. The summed E-state index contributed by atoms with van der Waals surface area (Å²) in [5.41, 5.74) is 2.88. The molecular formula is C17H25N3. The zero-order chi connectivity index (χ0) is 13.4. The van der Waals surface area contributed by atoms with Crippen LogP contribution in [-0.4, -0.2) is 55.1 Å². The number of benzene rings is 1. The van der Waals surface area contributed by atoms with Crippen molar-refractivity contribution in [3.8, 4) is 0 Å². The molecule has 0 aliphatic carbocycles. The zero-order valence-corrected chi connectivity index (χ0v) is 12.2. The van der Waals surface area contributed by atoms with Gasteiger partial charge in [0.25, 0.3) is 0 Å². The number of para-hydroxylation sites is 1. The van der Waals surface area contributed by atoms with Crippen molar-refractivity contribution in [2.75, 3.05) is 44.6 Å². The molecule has 1 N–H and O–H groups in total. The van der Waals surface area contributed by atoms with Gasteiger partial charge in [0, 0.05) is 37.3 Å². The fraction of sp³-hybridized carbons (Fsp3) is 0.647. The van der Waals surface area contributed by atoms with E-state index in [1.165, 1.54) is 63.2 Å². The summed E-state index contributed by atoms with van der Waals surface area (Å²) in [5, 5.41) is 3.56. The predicted molar refractivity (Wildman–Crippen MR) is 83.3 cm³/mol. The van der Waals surface area contributed by atoms with Crippen LogP contribution in [0.2, 0.25) is 0 Å². The van der Waals surface area contributed by atoms with Crippen LogP contribution in [0, 0.1) is 0 Å². The Morgan fingerprint density at radius 1 is 1.10 bits per heavy atom. The summed E-state index contributed by atoms with van der Waals surface area (Å²) in [6.07, 6.45) is 4.17. The van der Waals surface area contributed by atoms with Gasteiger partial charge >= 0.3 is 0 Å². The Kier molecular flexibility index (Phi) is 3.41. The second kappa shape index (κ2) is 5.38. The van der Waals surface area contributed by atoms with Crippen molar-refractivity contribution in [3.63, 3.8) is 0 Å². The number of nitrogens with one attached hydrogen (secondary N) is 1. The molecule has 2 unspecified atom stereocenters. The molecule has 0 amide bonds. The summed E-state index contributed by atoms with van der Waals surface area (Å²) in [6, 6.07) is 9.68. The van der Waals surface area contributed by atoms with Gasteiger partial charge in [-0.2, -0.15) is 0 Å². The molecule has 0 radical (unpaired) electrons. The van der Waals surface area contributed by atoms with Crippen LogP contribution >= 0.6 is 0 Å². The van der Waals surface area contributed by atoms with Crippen molar-refractivity contribution in [2.24, 2.45) is 0 Å². The maximum absolute atomic E-state index is 3.56. The lowest BCUT2D eigenvalue weighted by Gasteiger charge is -2.27. The van der Waals surface area contributed by atoms with Crippen LogP contribution in [0.4, 0.5) is 5.69 Å². The van der Waals surface area contributed by atoms with E-state index in [1.54, 1.807) is 0 Å². The van der Waals surface area contributed by atoms with Gasteiger partial charge in [-0.25, -0.2) is 0 Å². The lowest BCUT2D eigenvalue weighted by Crippen LogP contribution is -2.38. The monoisotopic (exact) mass is 271 g/mol. The Labute approximate surface area is 121 Å². The van der Waals surface area contributed by atoms with Gasteiger partial charge in [0.2, 0.25) is 0 Å². The van der Waals surface area contributed by atoms with Crippen molar-refractivity contribution in [3.05, 3.63) is 29.8 Å². The van der Waals surface area contributed by atoms with Gasteiger partial charge in [-0.1, -0.05) is 18.2 Å². The van der Waals surface area contributed by atoms with Gasteiger partial charge in [0.1, 0.15) is 0 Å². The zero-order valence-electron chi connectivity index (χ0n) is 12.2. The van der Waals surface area contributed by atoms with Crippen LogP contribution in [0.1, 0.15) is 30.7 Å². The number of hydrogen-bond donors (Lipinski definition) is 1. The maximum Gasteiger partial charge on any atom is 0.0376 e. The first kappa shape index (κ1) is 12.7. The van der Waals surface area contributed by atoms with E-state index in [0.29, 0.717) is 5.92 Å². The van der Waals surface area contributed by atoms with Crippen molar-refractivity contribution in [2.45, 2.75) is 31.2 Å². The molecule has 0 bridgehead atoms. The molecule has 3 heteroatoms. The molecule has 0 spiro atoms.